The van der Waals surface area contributed by atoms with Crippen molar-refractivity contribution in [1.82, 2.24) is 5.32 Å². The van der Waals surface area contributed by atoms with E-state index in [-0.39, 0.29) is 19.0 Å². The third-order valence-electron chi connectivity index (χ3n) is 6.76. The van der Waals surface area contributed by atoms with Gasteiger partial charge in [-0.1, -0.05) is 12.1 Å². The average Bonchev–Trinajstić information content (AvgIpc) is 3.28. The minimum absolute atomic E-state index is 0.169. The van der Waals surface area contributed by atoms with E-state index in [1.807, 2.05) is 49.6 Å². The van der Waals surface area contributed by atoms with Crippen LogP contribution >= 0.6 is 11.3 Å². The van der Waals surface area contributed by atoms with Gasteiger partial charge in [-0.05, 0) is 68.8 Å². The van der Waals surface area contributed by atoms with Gasteiger partial charge in [0.1, 0.15) is 11.7 Å². The lowest BCUT2D eigenvalue weighted by atomic mass is 9.68. The summed E-state index contributed by atoms with van der Waals surface area (Å²) in [6, 6.07) is 9.37. The summed E-state index contributed by atoms with van der Waals surface area (Å²) in [6.45, 7) is 7.66. The second-order valence-electron chi connectivity index (χ2n) is 8.85. The zero-order chi connectivity index (χ0) is 26.0. The van der Waals surface area contributed by atoms with Crippen molar-refractivity contribution in [3.8, 4) is 5.75 Å². The normalized spacial score (nSPS) is 21.6. The van der Waals surface area contributed by atoms with Gasteiger partial charge in [0.15, 0.2) is 5.78 Å². The fourth-order valence-corrected chi connectivity index (χ4v) is 6.17. The van der Waals surface area contributed by atoms with Crippen LogP contribution < -0.4 is 10.1 Å². The number of carbonyl (C=O) groups excluding carboxylic acids is 3. The number of methoxy groups -OCH3 is 1. The van der Waals surface area contributed by atoms with Crippen LogP contribution in [0.4, 0.5) is 0 Å². The lowest BCUT2D eigenvalue weighted by Crippen LogP contribution is -2.43. The maximum atomic E-state index is 14.2. The molecular weight excluding hydrogens is 478 g/mol. The lowest BCUT2D eigenvalue weighted by Gasteiger charge is -2.39. The van der Waals surface area contributed by atoms with Gasteiger partial charge in [0.2, 0.25) is 0 Å². The maximum Gasteiger partial charge on any atom is 0.336 e. The summed E-state index contributed by atoms with van der Waals surface area (Å²) in [5, 5.41) is 5.27. The first-order valence-corrected chi connectivity index (χ1v) is 13.0. The first-order valence-electron chi connectivity index (χ1n) is 12.1. The third kappa shape index (κ3) is 4.57. The predicted octanol–water partition coefficient (Wildman–Crippen LogP) is 4.78. The first-order chi connectivity index (χ1) is 17.3. The van der Waals surface area contributed by atoms with E-state index in [0.717, 1.165) is 21.7 Å². The van der Waals surface area contributed by atoms with Gasteiger partial charge in [0.05, 0.1) is 31.8 Å². The van der Waals surface area contributed by atoms with Crippen molar-refractivity contribution in [3.63, 3.8) is 0 Å². The number of allylic oxidation sites excluding steroid dienone is 3. The fraction of sp³-hybridized carbons (Fsp3) is 0.393. The van der Waals surface area contributed by atoms with Crippen molar-refractivity contribution in [1.29, 1.82) is 0 Å². The molecule has 0 saturated heterocycles. The molecule has 2 heterocycles. The molecule has 2 aliphatic rings. The van der Waals surface area contributed by atoms with Gasteiger partial charge in [-0.15, -0.1) is 11.3 Å². The Bertz CT molecular complexity index is 1240. The van der Waals surface area contributed by atoms with E-state index in [2.05, 4.69) is 5.32 Å². The molecule has 0 bridgehead atoms. The van der Waals surface area contributed by atoms with E-state index < -0.39 is 29.7 Å². The zero-order valence-electron chi connectivity index (χ0n) is 21.2. The Hall–Kier alpha value is -3.39. The fourth-order valence-electron chi connectivity index (χ4n) is 5.12. The van der Waals surface area contributed by atoms with Gasteiger partial charge < -0.3 is 19.5 Å². The highest BCUT2D eigenvalue weighted by Crippen LogP contribution is 2.49. The smallest absolute Gasteiger partial charge is 0.336 e. The minimum atomic E-state index is -1.02. The molecule has 4 rings (SSSR count). The largest absolute Gasteiger partial charge is 0.497 e. The van der Waals surface area contributed by atoms with E-state index in [1.165, 1.54) is 11.3 Å². The Morgan fingerprint density at radius 3 is 2.33 bits per heavy atom. The van der Waals surface area contributed by atoms with Crippen molar-refractivity contribution in [2.45, 2.75) is 46.0 Å². The van der Waals surface area contributed by atoms with Gasteiger partial charge in [-0.25, -0.2) is 4.79 Å². The van der Waals surface area contributed by atoms with Crippen LogP contribution in [0.1, 0.15) is 55.0 Å². The van der Waals surface area contributed by atoms with Crippen molar-refractivity contribution >= 4 is 29.1 Å². The molecule has 1 aromatic heterocycles. The minimum Gasteiger partial charge on any atom is -0.497 e. The van der Waals surface area contributed by atoms with E-state index in [9.17, 15) is 14.4 Å². The summed E-state index contributed by atoms with van der Waals surface area (Å²) in [7, 11) is 1.59. The molecule has 1 N–H and O–H groups in total. The summed E-state index contributed by atoms with van der Waals surface area (Å²) in [5.41, 5.74) is 4.05. The third-order valence-corrected chi connectivity index (χ3v) is 7.85. The Morgan fingerprint density at radius 1 is 1.06 bits per heavy atom. The molecule has 36 heavy (non-hydrogen) atoms. The van der Waals surface area contributed by atoms with Crippen molar-refractivity contribution in [2.75, 3.05) is 20.3 Å². The molecule has 0 saturated carbocycles. The molecule has 1 aromatic carbocycles. The van der Waals surface area contributed by atoms with Crippen LogP contribution in [0.15, 0.2) is 58.3 Å². The molecule has 190 valence electrons. The SMILES string of the molecule is CCOC(=O)C1=C(C)NC2=C(C(=O)[C@@H](C(=O)OCC)[C@H](c3ccc(OC)cc3)C2)[C@@H]1c1sccc1C. The van der Waals surface area contributed by atoms with Crippen molar-refractivity contribution in [2.24, 2.45) is 5.92 Å². The Labute approximate surface area is 215 Å². The van der Waals surface area contributed by atoms with Gasteiger partial charge in [0.25, 0.3) is 0 Å². The van der Waals surface area contributed by atoms with Crippen molar-refractivity contribution < 1.29 is 28.6 Å². The molecule has 0 radical (unpaired) electrons. The molecule has 3 atom stereocenters. The average molecular weight is 510 g/mol. The molecule has 0 fully saturated rings. The van der Waals surface area contributed by atoms with Crippen LogP contribution in [0.3, 0.4) is 0 Å². The number of hydrogen-bond acceptors (Lipinski definition) is 8. The number of carbonyl (C=O) groups is 3. The molecule has 1 aliphatic heterocycles. The summed E-state index contributed by atoms with van der Waals surface area (Å²) >= 11 is 1.49. The van der Waals surface area contributed by atoms with E-state index in [0.29, 0.717) is 29.0 Å². The highest BCUT2D eigenvalue weighted by Gasteiger charge is 2.49. The molecular formula is C28H31NO6S. The second kappa shape index (κ2) is 10.7. The summed E-state index contributed by atoms with van der Waals surface area (Å²) in [6.07, 6.45) is 0.422. The van der Waals surface area contributed by atoms with E-state index in [4.69, 9.17) is 14.2 Å². The van der Waals surface area contributed by atoms with Crippen LogP contribution in [0.2, 0.25) is 0 Å². The zero-order valence-corrected chi connectivity index (χ0v) is 22.0. The summed E-state index contributed by atoms with van der Waals surface area (Å²) in [5.74, 6) is -2.71. The number of aryl methyl sites for hydroxylation is 1. The van der Waals surface area contributed by atoms with Crippen LogP contribution in [-0.2, 0) is 23.9 Å². The molecule has 1 aliphatic carbocycles. The van der Waals surface area contributed by atoms with Crippen LogP contribution in [0, 0.1) is 12.8 Å². The predicted molar refractivity (Wildman–Crippen MR) is 137 cm³/mol. The number of ether oxygens (including phenoxy) is 3. The monoisotopic (exact) mass is 509 g/mol. The number of rotatable bonds is 7. The highest BCUT2D eigenvalue weighted by atomic mass is 32.1. The number of hydrogen-bond donors (Lipinski definition) is 1. The summed E-state index contributed by atoms with van der Waals surface area (Å²) in [4.78, 5) is 41.5. The van der Waals surface area contributed by atoms with Gasteiger partial charge in [0, 0.05) is 27.8 Å². The number of ketones is 1. The quantitative estimate of drug-likeness (QED) is 0.424. The Morgan fingerprint density at radius 2 is 1.75 bits per heavy atom. The van der Waals surface area contributed by atoms with Crippen LogP contribution in [-0.4, -0.2) is 38.0 Å². The molecule has 8 heteroatoms. The van der Waals surface area contributed by atoms with Crippen LogP contribution in [0.5, 0.6) is 5.75 Å². The summed E-state index contributed by atoms with van der Waals surface area (Å²) < 4.78 is 16.1. The standard InChI is InChI=1S/C28H31NO6S/c1-6-34-27(31)21-16(4)29-20-14-19(17-8-10-18(33-5)11-9-17)22(28(32)35-7-2)25(30)23(20)24(21)26-15(3)12-13-36-26/h8-13,19,22,24,29H,6-7,14H2,1-5H3/t19-,22-,24+/m0/s1. The first kappa shape index (κ1) is 25.7. The number of Topliss-reactive ketones (excluding diaryl/α,β-unsaturated/α-hetero) is 1. The topological polar surface area (TPSA) is 90.9 Å². The molecule has 0 amide bonds. The maximum absolute atomic E-state index is 14.2. The number of thiophene rings is 1. The molecule has 7 nitrogen and oxygen atoms in total. The molecule has 0 unspecified atom stereocenters. The van der Waals surface area contributed by atoms with E-state index in [1.54, 1.807) is 21.0 Å². The number of esters is 2. The number of nitrogens with one attached hydrogen (secondary N) is 1. The molecule has 2 aromatic rings. The van der Waals surface area contributed by atoms with Gasteiger partial charge in [-0.3, -0.25) is 9.59 Å². The Kier molecular flexibility index (Phi) is 7.64. The lowest BCUT2D eigenvalue weighted by molar-refractivity contribution is -0.152. The van der Waals surface area contributed by atoms with Crippen molar-refractivity contribution in [3.05, 3.63) is 74.3 Å². The number of benzene rings is 1. The van der Waals surface area contributed by atoms with Crippen LogP contribution in [0.25, 0.3) is 0 Å². The Balaban J connectivity index is 1.87. The second-order valence-corrected chi connectivity index (χ2v) is 9.80. The number of dihydropyridines is 1. The van der Waals surface area contributed by atoms with Gasteiger partial charge in [-0.2, -0.15) is 0 Å². The van der Waals surface area contributed by atoms with E-state index >= 15 is 0 Å². The molecule has 0 spiro atoms. The van der Waals surface area contributed by atoms with Gasteiger partial charge >= 0.3 is 11.9 Å². The highest BCUT2D eigenvalue weighted by molar-refractivity contribution is 7.10.